The van der Waals surface area contributed by atoms with Gasteiger partial charge >= 0.3 is 0 Å². The smallest absolute Gasteiger partial charge is 0.292 e. The van der Waals surface area contributed by atoms with Crippen LogP contribution in [0.3, 0.4) is 0 Å². The number of benzene rings is 1. The predicted octanol–water partition coefficient (Wildman–Crippen LogP) is 3.19. The third-order valence-corrected chi connectivity index (χ3v) is 2.15. The fourth-order valence-electron chi connectivity index (χ4n) is 1.17. The maximum absolute atomic E-state index is 11.6. The molecule has 0 saturated carbocycles. The fraction of sp³-hybridized carbons (Fsp3) is 0. The molecule has 1 heterocycles. The van der Waals surface area contributed by atoms with Crippen molar-refractivity contribution < 1.29 is 9.21 Å². The quantitative estimate of drug-likeness (QED) is 0.846. The van der Waals surface area contributed by atoms with Crippen LogP contribution in [0.1, 0.15) is 10.6 Å². The molecule has 0 spiro atoms. The Hall–Kier alpha value is -1.74. The van der Waals surface area contributed by atoms with Crippen molar-refractivity contribution in [2.24, 2.45) is 0 Å². The Morgan fingerprint density at radius 3 is 2.53 bits per heavy atom. The lowest BCUT2D eigenvalue weighted by molar-refractivity contribution is 0.0997. The highest BCUT2D eigenvalue weighted by Crippen LogP contribution is 2.18. The lowest BCUT2D eigenvalue weighted by Crippen LogP contribution is -2.11. The zero-order chi connectivity index (χ0) is 10.7. The predicted molar refractivity (Wildman–Crippen MR) is 58.1 cm³/mol. The summed E-state index contributed by atoms with van der Waals surface area (Å²) in [6.07, 6.45) is 1.38. The molecular weight excluding hydrogens is 214 g/mol. The lowest BCUT2D eigenvalue weighted by Gasteiger charge is -2.02. The van der Waals surface area contributed by atoms with Crippen LogP contribution in [-0.2, 0) is 0 Å². The molecule has 0 aliphatic heterocycles. The van der Waals surface area contributed by atoms with Crippen LogP contribution in [0.2, 0.25) is 5.02 Å². The molecule has 2 rings (SSSR count). The zero-order valence-corrected chi connectivity index (χ0v) is 8.49. The molecule has 0 saturated heterocycles. The molecule has 0 aliphatic rings. The number of amides is 1. The number of halogens is 1. The molecule has 0 unspecified atom stereocenters. The van der Waals surface area contributed by atoms with E-state index in [-0.39, 0.29) is 11.7 Å². The van der Waals surface area contributed by atoms with Gasteiger partial charge in [0.2, 0.25) is 5.76 Å². The highest BCUT2D eigenvalue weighted by Gasteiger charge is 2.13. The van der Waals surface area contributed by atoms with Gasteiger partial charge < -0.3 is 9.73 Å². The van der Waals surface area contributed by atoms with Crippen molar-refractivity contribution in [3.63, 3.8) is 0 Å². The summed E-state index contributed by atoms with van der Waals surface area (Å²) in [4.78, 5) is 11.6. The zero-order valence-electron chi connectivity index (χ0n) is 7.74. The Labute approximate surface area is 91.7 Å². The molecule has 1 aromatic carbocycles. The van der Waals surface area contributed by atoms with E-state index in [9.17, 15) is 4.79 Å². The molecule has 0 radical (unpaired) electrons. The Morgan fingerprint density at radius 1 is 1.20 bits per heavy atom. The molecule has 4 heteroatoms. The van der Waals surface area contributed by atoms with Gasteiger partial charge in [0.05, 0.1) is 11.3 Å². The number of furan rings is 1. The van der Waals surface area contributed by atoms with Crippen molar-refractivity contribution in [1.82, 2.24) is 0 Å². The van der Waals surface area contributed by atoms with Crippen LogP contribution < -0.4 is 5.32 Å². The first-order valence-electron chi connectivity index (χ1n) is 4.37. The van der Waals surface area contributed by atoms with E-state index in [0.717, 1.165) is 0 Å². The van der Waals surface area contributed by atoms with E-state index >= 15 is 0 Å². The number of nitrogens with one attached hydrogen (secondary N) is 1. The van der Waals surface area contributed by atoms with Gasteiger partial charge in [-0.3, -0.25) is 4.79 Å². The normalized spacial score (nSPS) is 9.93. The Bertz CT molecular complexity index is 464. The van der Waals surface area contributed by atoms with Gasteiger partial charge in [0.15, 0.2) is 0 Å². The molecule has 3 nitrogen and oxygen atoms in total. The first-order valence-corrected chi connectivity index (χ1v) is 4.74. The molecule has 15 heavy (non-hydrogen) atoms. The summed E-state index contributed by atoms with van der Waals surface area (Å²) >= 11 is 5.75. The Morgan fingerprint density at radius 2 is 1.93 bits per heavy atom. The number of carbonyl (C=O) groups is 1. The number of rotatable bonds is 2. The van der Waals surface area contributed by atoms with E-state index in [1.807, 2.05) is 18.2 Å². The summed E-state index contributed by atoms with van der Waals surface area (Å²) in [7, 11) is 0. The van der Waals surface area contributed by atoms with E-state index in [4.69, 9.17) is 16.0 Å². The second-order valence-electron chi connectivity index (χ2n) is 2.92. The largest absolute Gasteiger partial charge is 0.458 e. The monoisotopic (exact) mass is 221 g/mol. The summed E-state index contributed by atoms with van der Waals surface area (Å²) in [5, 5.41) is 2.98. The van der Waals surface area contributed by atoms with Crippen molar-refractivity contribution in [2.75, 3.05) is 5.32 Å². The minimum atomic E-state index is -0.351. The van der Waals surface area contributed by atoms with E-state index in [0.29, 0.717) is 10.7 Å². The summed E-state index contributed by atoms with van der Waals surface area (Å²) in [6, 6.07) is 10.6. The minimum absolute atomic E-state index is 0.125. The van der Waals surface area contributed by atoms with Gasteiger partial charge in [0.25, 0.3) is 5.91 Å². The van der Waals surface area contributed by atoms with Crippen LogP contribution >= 0.6 is 11.6 Å². The Balaban J connectivity index is 2.15. The topological polar surface area (TPSA) is 42.2 Å². The number of para-hydroxylation sites is 1. The number of carbonyl (C=O) groups excluding carboxylic acids is 1. The van der Waals surface area contributed by atoms with Gasteiger partial charge in [-0.25, -0.2) is 0 Å². The van der Waals surface area contributed by atoms with Crippen LogP contribution in [0, 0.1) is 0 Å². The second-order valence-corrected chi connectivity index (χ2v) is 3.33. The van der Waals surface area contributed by atoms with Crippen molar-refractivity contribution in [3.8, 4) is 0 Å². The molecule has 0 fully saturated rings. The molecule has 2 aromatic rings. The highest BCUT2D eigenvalue weighted by molar-refractivity contribution is 6.33. The molecule has 1 N–H and O–H groups in total. The van der Waals surface area contributed by atoms with Crippen LogP contribution in [-0.4, -0.2) is 5.91 Å². The summed E-state index contributed by atoms with van der Waals surface area (Å²) in [5.41, 5.74) is 0.704. The number of anilines is 1. The molecule has 0 aliphatic carbocycles. The molecule has 1 aromatic heterocycles. The number of hydrogen-bond acceptors (Lipinski definition) is 2. The molecule has 0 atom stereocenters. The van der Waals surface area contributed by atoms with Crippen LogP contribution in [0.4, 0.5) is 5.69 Å². The summed E-state index contributed by atoms with van der Waals surface area (Å²) < 4.78 is 4.95. The third-order valence-electron chi connectivity index (χ3n) is 1.86. The average Bonchev–Trinajstić information content (AvgIpc) is 2.66. The highest BCUT2D eigenvalue weighted by atomic mass is 35.5. The van der Waals surface area contributed by atoms with Gasteiger partial charge in [-0.15, -0.1) is 0 Å². The van der Waals surface area contributed by atoms with Crippen molar-refractivity contribution >= 4 is 23.2 Å². The van der Waals surface area contributed by atoms with Gasteiger partial charge in [-0.05, 0) is 18.2 Å². The molecular formula is C11H8ClNO2. The summed E-state index contributed by atoms with van der Waals surface area (Å²) in [5.74, 6) is -0.225. The maximum Gasteiger partial charge on any atom is 0.292 e. The van der Waals surface area contributed by atoms with E-state index in [2.05, 4.69) is 5.32 Å². The van der Waals surface area contributed by atoms with E-state index < -0.39 is 0 Å². The van der Waals surface area contributed by atoms with Gasteiger partial charge in [0, 0.05) is 5.69 Å². The van der Waals surface area contributed by atoms with Crippen molar-refractivity contribution in [1.29, 1.82) is 0 Å². The third kappa shape index (κ3) is 2.19. The SMILES string of the molecule is O=C(Nc1ccccc1)c1occc1Cl. The molecule has 76 valence electrons. The van der Waals surface area contributed by atoms with Crippen molar-refractivity contribution in [3.05, 3.63) is 53.4 Å². The van der Waals surface area contributed by atoms with Crippen LogP contribution in [0.25, 0.3) is 0 Å². The first-order chi connectivity index (χ1) is 7.27. The van der Waals surface area contributed by atoms with Gasteiger partial charge in [-0.2, -0.15) is 0 Å². The average molecular weight is 222 g/mol. The molecule has 1 amide bonds. The standard InChI is InChI=1S/C11H8ClNO2/c12-9-6-7-15-10(9)11(14)13-8-4-2-1-3-5-8/h1-7H,(H,13,14). The minimum Gasteiger partial charge on any atom is -0.458 e. The molecule has 0 bridgehead atoms. The second kappa shape index (κ2) is 4.19. The first kappa shape index (κ1) is 9.80. The van der Waals surface area contributed by atoms with Gasteiger partial charge in [-0.1, -0.05) is 29.8 Å². The Kier molecular flexibility index (Phi) is 2.74. The van der Waals surface area contributed by atoms with Gasteiger partial charge in [0.1, 0.15) is 0 Å². The van der Waals surface area contributed by atoms with Crippen LogP contribution in [0.5, 0.6) is 0 Å². The lowest BCUT2D eigenvalue weighted by atomic mass is 10.3. The fourth-order valence-corrected chi connectivity index (χ4v) is 1.35. The number of hydrogen-bond donors (Lipinski definition) is 1. The summed E-state index contributed by atoms with van der Waals surface area (Å²) in [6.45, 7) is 0. The van der Waals surface area contributed by atoms with Crippen molar-refractivity contribution in [2.45, 2.75) is 0 Å². The van der Waals surface area contributed by atoms with E-state index in [1.54, 1.807) is 12.1 Å². The van der Waals surface area contributed by atoms with E-state index in [1.165, 1.54) is 12.3 Å². The maximum atomic E-state index is 11.6. The van der Waals surface area contributed by atoms with Crippen LogP contribution in [0.15, 0.2) is 47.1 Å².